The third kappa shape index (κ3) is 7.41. The van der Waals surface area contributed by atoms with Crippen molar-refractivity contribution in [1.29, 1.82) is 0 Å². The van der Waals surface area contributed by atoms with Crippen molar-refractivity contribution < 1.29 is 40.1 Å². The van der Waals surface area contributed by atoms with Gasteiger partial charge in [0.2, 0.25) is 0 Å². The molecule has 16 heteroatoms. The highest BCUT2D eigenvalue weighted by Crippen LogP contribution is 2.31. The Kier molecular flexibility index (Phi) is 9.13. The smallest absolute Gasteiger partial charge is 0.269 e. The summed E-state index contributed by atoms with van der Waals surface area (Å²) in [6, 6.07) is 13.9. The molecule has 0 saturated carbocycles. The molecule has 0 amide bonds. The number of nitro benzene ring substituents is 4. The van der Waals surface area contributed by atoms with Crippen LogP contribution in [0.4, 0.5) is 22.7 Å². The lowest BCUT2D eigenvalue weighted by molar-refractivity contribution is -0.385. The minimum Gasteiger partial charge on any atom is -0.508 e. The van der Waals surface area contributed by atoms with Crippen molar-refractivity contribution in [3.8, 4) is 23.0 Å². The van der Waals surface area contributed by atoms with Crippen LogP contribution in [0.5, 0.6) is 23.0 Å². The Bertz CT molecular complexity index is 1460. The zero-order chi connectivity index (χ0) is 31.1. The summed E-state index contributed by atoms with van der Waals surface area (Å²) in [6.45, 7) is 0. The summed E-state index contributed by atoms with van der Waals surface area (Å²) in [5, 5.41) is 81.7. The van der Waals surface area contributed by atoms with E-state index in [-0.39, 0.29) is 80.8 Å². The van der Waals surface area contributed by atoms with Crippen molar-refractivity contribution >= 4 is 22.7 Å². The third-order valence-corrected chi connectivity index (χ3v) is 5.86. The van der Waals surface area contributed by atoms with Crippen molar-refractivity contribution in [2.45, 2.75) is 12.8 Å². The minimum atomic E-state index is -0.615. The van der Waals surface area contributed by atoms with Gasteiger partial charge in [-0.15, -0.1) is 0 Å². The topological polar surface area (TPSA) is 253 Å². The summed E-state index contributed by atoms with van der Waals surface area (Å²) in [5.74, 6) is -0.754. The minimum absolute atomic E-state index is 0.0684. The average molecular weight is 580 g/mol. The number of benzene rings is 4. The lowest BCUT2D eigenvalue weighted by Gasteiger charge is -2.07. The molecule has 42 heavy (non-hydrogen) atoms. The quantitative estimate of drug-likeness (QED) is 0.158. The van der Waals surface area contributed by atoms with Gasteiger partial charge in [-0.3, -0.25) is 40.5 Å². The average Bonchev–Trinajstić information content (AvgIpc) is 2.93. The summed E-state index contributed by atoms with van der Waals surface area (Å²) in [5.41, 5.74) is -0.0825. The second kappa shape index (κ2) is 12.7. The van der Waals surface area contributed by atoms with E-state index in [4.69, 9.17) is 0 Å². The van der Waals surface area contributed by atoms with Crippen molar-refractivity contribution in [2.75, 3.05) is 0 Å². The van der Waals surface area contributed by atoms with Crippen LogP contribution < -0.4 is 0 Å². The summed E-state index contributed by atoms with van der Waals surface area (Å²) < 4.78 is 0. The molecular weight excluding hydrogens is 560 g/mol. The van der Waals surface area contributed by atoms with E-state index in [0.717, 1.165) is 48.5 Å². The van der Waals surface area contributed by atoms with Gasteiger partial charge in [0.25, 0.3) is 22.7 Å². The molecular formula is C26H20N4O12. The fourth-order valence-electron chi connectivity index (χ4n) is 3.72. The fraction of sp³-hybridized carbons (Fsp3) is 0.0769. The summed E-state index contributed by atoms with van der Waals surface area (Å²) in [6.07, 6.45) is -0.137. The molecule has 0 aliphatic heterocycles. The van der Waals surface area contributed by atoms with Gasteiger partial charge in [-0.2, -0.15) is 0 Å². The second-order valence-corrected chi connectivity index (χ2v) is 8.63. The molecule has 0 bridgehead atoms. The number of rotatable bonds is 8. The van der Waals surface area contributed by atoms with Crippen LogP contribution in [-0.2, 0) is 12.8 Å². The van der Waals surface area contributed by atoms with Gasteiger partial charge in [0.1, 0.15) is 23.0 Å². The van der Waals surface area contributed by atoms with Crippen LogP contribution >= 0.6 is 0 Å². The Balaban J connectivity index is 0.000000230. The Morgan fingerprint density at radius 2 is 0.595 bits per heavy atom. The van der Waals surface area contributed by atoms with E-state index >= 15 is 0 Å². The van der Waals surface area contributed by atoms with Crippen molar-refractivity contribution in [3.05, 3.63) is 136 Å². The number of hydrogen-bond acceptors (Lipinski definition) is 12. The van der Waals surface area contributed by atoms with Gasteiger partial charge < -0.3 is 20.4 Å². The van der Waals surface area contributed by atoms with Gasteiger partial charge in [-0.25, -0.2) is 0 Å². The normalized spacial score (nSPS) is 10.3. The summed E-state index contributed by atoms with van der Waals surface area (Å²) in [7, 11) is 0. The molecule has 16 nitrogen and oxygen atoms in total. The molecule has 0 heterocycles. The van der Waals surface area contributed by atoms with E-state index in [9.17, 15) is 60.9 Å². The maximum atomic E-state index is 10.7. The van der Waals surface area contributed by atoms with Crippen molar-refractivity contribution in [1.82, 2.24) is 0 Å². The first kappa shape index (κ1) is 30.2. The Hall–Kier alpha value is -6.32. The van der Waals surface area contributed by atoms with E-state index in [1.807, 2.05) is 0 Å². The third-order valence-electron chi connectivity index (χ3n) is 5.86. The molecule has 0 atom stereocenters. The highest BCUT2D eigenvalue weighted by atomic mass is 16.6. The molecule has 0 saturated heterocycles. The fourth-order valence-corrected chi connectivity index (χ4v) is 3.72. The van der Waals surface area contributed by atoms with Crippen LogP contribution in [-0.4, -0.2) is 40.1 Å². The Morgan fingerprint density at radius 1 is 0.405 bits per heavy atom. The van der Waals surface area contributed by atoms with Gasteiger partial charge in [0, 0.05) is 83.6 Å². The molecule has 0 aliphatic carbocycles. The first-order chi connectivity index (χ1) is 19.8. The SMILES string of the molecule is O=[N+]([O-])c1ccc(O)c(Cc2cc([N+](=O)[O-])ccc2O)c1.O=[N+]([O-])c1ccc(O)c(Cc2cc([N+](=O)[O-])ccc2O)c1. The molecule has 4 N–H and O–H groups in total. The Morgan fingerprint density at radius 3 is 0.762 bits per heavy atom. The molecule has 0 fully saturated rings. The number of nitro groups is 4. The molecule has 4 aromatic rings. The first-order valence-corrected chi connectivity index (χ1v) is 11.6. The number of nitrogens with zero attached hydrogens (tertiary/aromatic N) is 4. The maximum absolute atomic E-state index is 10.7. The molecule has 0 aliphatic rings. The number of phenolic OH excluding ortho intramolecular Hbond substituents is 4. The number of aromatic hydroxyl groups is 4. The van der Waals surface area contributed by atoms with Crippen LogP contribution in [0.25, 0.3) is 0 Å². The van der Waals surface area contributed by atoms with Gasteiger partial charge in [0.15, 0.2) is 0 Å². The lowest BCUT2D eigenvalue weighted by atomic mass is 10.0. The largest absolute Gasteiger partial charge is 0.508 e. The van der Waals surface area contributed by atoms with Crippen molar-refractivity contribution in [2.24, 2.45) is 0 Å². The molecule has 0 radical (unpaired) electrons. The first-order valence-electron chi connectivity index (χ1n) is 11.6. The highest BCUT2D eigenvalue weighted by Gasteiger charge is 2.17. The summed E-state index contributed by atoms with van der Waals surface area (Å²) >= 11 is 0. The van der Waals surface area contributed by atoms with Crippen LogP contribution in [0.2, 0.25) is 0 Å². The van der Waals surface area contributed by atoms with E-state index in [0.29, 0.717) is 0 Å². The van der Waals surface area contributed by atoms with Crippen LogP contribution in [0.3, 0.4) is 0 Å². The van der Waals surface area contributed by atoms with Gasteiger partial charge >= 0.3 is 0 Å². The zero-order valence-electron chi connectivity index (χ0n) is 21.2. The van der Waals surface area contributed by atoms with Gasteiger partial charge in [-0.05, 0) is 24.3 Å². The maximum Gasteiger partial charge on any atom is 0.269 e. The van der Waals surface area contributed by atoms with Gasteiger partial charge in [-0.1, -0.05) is 0 Å². The Labute approximate surface area is 234 Å². The standard InChI is InChI=1S/2C13H10N2O6/c2*16-12-3-1-10(14(18)19)6-8(12)5-9-7-11(15(20)21)2-4-13(9)17/h2*1-4,6-7,16-17H,5H2. The van der Waals surface area contributed by atoms with Crippen LogP contribution in [0.1, 0.15) is 22.3 Å². The number of non-ortho nitro benzene ring substituents is 4. The zero-order valence-corrected chi connectivity index (χ0v) is 21.2. The summed E-state index contributed by atoms with van der Waals surface area (Å²) in [4.78, 5) is 40.4. The van der Waals surface area contributed by atoms with E-state index in [1.54, 1.807) is 0 Å². The molecule has 0 unspecified atom stereocenters. The second-order valence-electron chi connectivity index (χ2n) is 8.63. The number of hydrogen-bond donors (Lipinski definition) is 4. The molecule has 4 aromatic carbocycles. The van der Waals surface area contributed by atoms with Gasteiger partial charge in [0.05, 0.1) is 19.7 Å². The number of phenols is 4. The van der Waals surface area contributed by atoms with E-state index in [2.05, 4.69) is 0 Å². The predicted molar refractivity (Wildman–Crippen MR) is 145 cm³/mol. The molecule has 216 valence electrons. The lowest BCUT2D eigenvalue weighted by Crippen LogP contribution is -1.95. The predicted octanol–water partition coefficient (Wildman–Crippen LogP) is 5.01. The highest BCUT2D eigenvalue weighted by molar-refractivity contribution is 5.51. The molecule has 0 spiro atoms. The van der Waals surface area contributed by atoms with E-state index < -0.39 is 19.7 Å². The van der Waals surface area contributed by atoms with E-state index in [1.165, 1.54) is 24.3 Å². The van der Waals surface area contributed by atoms with Crippen LogP contribution in [0.15, 0.2) is 72.8 Å². The molecule has 4 rings (SSSR count). The van der Waals surface area contributed by atoms with Crippen molar-refractivity contribution in [3.63, 3.8) is 0 Å². The van der Waals surface area contributed by atoms with Crippen LogP contribution in [0, 0.1) is 40.5 Å². The molecule has 0 aromatic heterocycles. The monoisotopic (exact) mass is 580 g/mol.